The van der Waals surface area contributed by atoms with Gasteiger partial charge in [-0.2, -0.15) is 0 Å². The van der Waals surface area contributed by atoms with E-state index in [0.29, 0.717) is 28.3 Å². The predicted molar refractivity (Wildman–Crippen MR) is 173 cm³/mol. The van der Waals surface area contributed by atoms with Gasteiger partial charge in [0, 0.05) is 32.4 Å². The monoisotopic (exact) mass is 714 g/mol. The van der Waals surface area contributed by atoms with Crippen LogP contribution in [0, 0.1) is 31.6 Å². The topological polar surface area (TPSA) is 126 Å². The minimum atomic E-state index is -1.14. The zero-order chi connectivity index (χ0) is 32.3. The van der Waals surface area contributed by atoms with E-state index in [4.69, 9.17) is 30.1 Å². The molecular formula is C36H40N4O5Pd-4. The number of nitrogens with zero attached hydrogens (tertiary/aromatic N) is 4. The van der Waals surface area contributed by atoms with Gasteiger partial charge >= 0.3 is 11.9 Å². The van der Waals surface area contributed by atoms with Crippen LogP contribution in [0.1, 0.15) is 67.1 Å². The molecule has 0 amide bonds. The van der Waals surface area contributed by atoms with Gasteiger partial charge in [0.1, 0.15) is 5.92 Å². The van der Waals surface area contributed by atoms with E-state index < -0.39 is 17.9 Å². The summed E-state index contributed by atoms with van der Waals surface area (Å²) < 4.78 is 10.2. The van der Waals surface area contributed by atoms with Crippen molar-refractivity contribution in [3.63, 3.8) is 0 Å². The number of Topliss-reactive ketones (excluding diaryl/α,β-unsaturated/α-hetero) is 1. The smallest absolute Gasteiger partial charge is 0.320 e. The molecule has 8 bridgehead atoms. The molecule has 6 rings (SSSR count). The fraction of sp³-hybridized carbons (Fsp3) is 0.472. The molecule has 46 heavy (non-hydrogen) atoms. The average molecular weight is 715 g/mol. The summed E-state index contributed by atoms with van der Waals surface area (Å²) in [6, 6.07) is -1.20. The molecule has 2 aromatic heterocycles. The number of methoxy groups -OCH3 is 2. The summed E-state index contributed by atoms with van der Waals surface area (Å²) in [5, 5.41) is 13.3. The number of carbonyl (C=O) groups is 3. The maximum Gasteiger partial charge on any atom is 0.320 e. The fourth-order valence-corrected chi connectivity index (χ4v) is 7.82. The second kappa shape index (κ2) is 13.1. The van der Waals surface area contributed by atoms with Gasteiger partial charge in [-0.05, 0) is 39.2 Å². The van der Waals surface area contributed by atoms with Crippen LogP contribution in [0.15, 0.2) is 17.7 Å². The van der Waals surface area contributed by atoms with E-state index in [1.54, 1.807) is 0 Å². The van der Waals surface area contributed by atoms with Crippen molar-refractivity contribution in [2.45, 2.75) is 78.0 Å². The van der Waals surface area contributed by atoms with E-state index in [9.17, 15) is 14.4 Å². The first-order valence-corrected chi connectivity index (χ1v) is 15.7. The zero-order valence-electron chi connectivity index (χ0n) is 27.3. The van der Waals surface area contributed by atoms with E-state index in [1.807, 2.05) is 26.0 Å². The van der Waals surface area contributed by atoms with Crippen molar-refractivity contribution in [3.8, 4) is 0 Å². The molecule has 7 unspecified atom stereocenters. The molecule has 0 saturated carbocycles. The number of hydrogen-bond acceptors (Lipinski definition) is 5. The third kappa shape index (κ3) is 5.33. The minimum Gasteiger partial charge on any atom is -0.658 e. The number of carbonyl (C=O) groups excluding carboxylic acids is 3. The minimum absolute atomic E-state index is 0. The van der Waals surface area contributed by atoms with E-state index in [0.717, 1.165) is 33.8 Å². The number of hydrogen-bond donors (Lipinski definition) is 0. The van der Waals surface area contributed by atoms with Gasteiger partial charge in [0.05, 0.1) is 14.2 Å². The van der Waals surface area contributed by atoms with Crippen molar-refractivity contribution >= 4 is 47.6 Å². The normalized spacial score (nSPS) is 30.1. The van der Waals surface area contributed by atoms with Crippen LogP contribution in [0.5, 0.6) is 0 Å². The van der Waals surface area contributed by atoms with Gasteiger partial charge < -0.3 is 30.1 Å². The van der Waals surface area contributed by atoms with Gasteiger partial charge in [0.15, 0.2) is 5.78 Å². The van der Waals surface area contributed by atoms with Crippen LogP contribution >= 0.6 is 0 Å². The molecule has 9 nitrogen and oxygen atoms in total. The van der Waals surface area contributed by atoms with E-state index >= 15 is 0 Å². The van der Waals surface area contributed by atoms with Crippen LogP contribution in [0.3, 0.4) is 0 Å². The standard InChI is InChI=1S/C36H40N4O5.Pd/c1-9-20-16(3)23-13-25-18(5)22(11-12-29(41)44-7)33(39-25)31-32(36(43)45-8)35(42)30-19(6)26(40-34(30)31)15-28-21(10-2)17(4)24(38-28)14-27(20)37-23;/h9,13-15,18,22,24-25,28,32-33H,1,10-12H2,2-8H3;/q-4;/b23-13-,26-15-,27-14-;. The van der Waals surface area contributed by atoms with Crippen molar-refractivity contribution in [1.29, 1.82) is 0 Å². The second-order valence-electron chi connectivity index (χ2n) is 12.6. The maximum absolute atomic E-state index is 14.1. The molecule has 0 aromatic carbocycles. The molecule has 248 valence electrons. The van der Waals surface area contributed by atoms with Crippen LogP contribution in [0.25, 0.3) is 40.5 Å². The number of ketones is 1. The van der Waals surface area contributed by atoms with E-state index in [2.05, 4.69) is 39.5 Å². The summed E-state index contributed by atoms with van der Waals surface area (Å²) in [5.74, 6) is -2.58. The first-order chi connectivity index (χ1) is 21.5. The zero-order valence-corrected chi connectivity index (χ0v) is 28.9. The van der Waals surface area contributed by atoms with Gasteiger partial charge in [0.2, 0.25) is 0 Å². The van der Waals surface area contributed by atoms with Crippen LogP contribution < -0.4 is 31.4 Å². The molecule has 5 heterocycles. The Morgan fingerprint density at radius 3 is 2.30 bits per heavy atom. The fourth-order valence-electron chi connectivity index (χ4n) is 7.82. The van der Waals surface area contributed by atoms with Crippen LogP contribution in [-0.4, -0.2) is 56.1 Å². The number of aromatic nitrogens is 2. The summed E-state index contributed by atoms with van der Waals surface area (Å²) in [6.07, 6.45) is 9.56. The summed E-state index contributed by atoms with van der Waals surface area (Å²) in [5.41, 5.74) is 6.11. The Kier molecular flexibility index (Phi) is 9.68. The molecule has 0 spiro atoms. The SMILES string of the molecule is C=Cc1c(C)/c2[n-]/c1=C\C1[N-]C(/C=c3\[n-]c4c(c3C)C(=O)C(C(=O)OC)C=4C3[N-]C(\C=2)C(C)C3CCC(=O)OC)C(CC)=C1C.[Pd]. The summed E-state index contributed by atoms with van der Waals surface area (Å²) in [7, 11) is 2.67. The Labute approximate surface area is 283 Å². The largest absolute Gasteiger partial charge is 0.658 e. The third-order valence-corrected chi connectivity index (χ3v) is 10.4. The van der Waals surface area contributed by atoms with Crippen LogP contribution in [-0.2, 0) is 39.5 Å². The molecule has 10 heteroatoms. The van der Waals surface area contributed by atoms with Gasteiger partial charge in [-0.25, -0.2) is 0 Å². The Morgan fingerprint density at radius 2 is 1.65 bits per heavy atom. The van der Waals surface area contributed by atoms with Crippen molar-refractivity contribution in [3.05, 3.63) is 72.0 Å². The van der Waals surface area contributed by atoms with Gasteiger partial charge in [-0.1, -0.05) is 78.3 Å². The Morgan fingerprint density at radius 1 is 0.957 bits per heavy atom. The average Bonchev–Trinajstić information content (AvgIpc) is 3.76. The van der Waals surface area contributed by atoms with Crippen LogP contribution in [0.2, 0.25) is 0 Å². The predicted octanol–water partition coefficient (Wildman–Crippen LogP) is 2.23. The second-order valence-corrected chi connectivity index (χ2v) is 12.6. The molecule has 4 aliphatic rings. The molecule has 7 atom stereocenters. The molecule has 0 radical (unpaired) electrons. The number of esters is 2. The molecule has 3 aliphatic heterocycles. The van der Waals surface area contributed by atoms with Crippen molar-refractivity contribution in [2.24, 2.45) is 17.8 Å². The molecule has 0 N–H and O–H groups in total. The molecule has 2 aromatic rings. The summed E-state index contributed by atoms with van der Waals surface area (Å²) >= 11 is 0. The van der Waals surface area contributed by atoms with E-state index in [-0.39, 0.29) is 68.6 Å². The van der Waals surface area contributed by atoms with Gasteiger partial charge in [-0.3, -0.25) is 14.4 Å². The summed E-state index contributed by atoms with van der Waals surface area (Å²) in [6.45, 7) is 14.4. The first-order valence-electron chi connectivity index (χ1n) is 15.7. The first kappa shape index (κ1) is 34.1. The Hall–Kier alpha value is -3.29. The third-order valence-electron chi connectivity index (χ3n) is 10.4. The van der Waals surface area contributed by atoms with Crippen LogP contribution in [0.4, 0.5) is 0 Å². The van der Waals surface area contributed by atoms with Gasteiger partial charge in [0.25, 0.3) is 0 Å². The summed E-state index contributed by atoms with van der Waals surface area (Å²) in [4.78, 5) is 49.8. The molecule has 1 fully saturated rings. The Bertz CT molecular complexity index is 1900. The number of ether oxygens (including phenoxy) is 2. The molecule has 1 saturated heterocycles. The molecule has 1 aliphatic carbocycles. The maximum atomic E-state index is 14.1. The quantitative estimate of drug-likeness (QED) is 0.195. The number of rotatable bonds is 6. The van der Waals surface area contributed by atoms with Crippen molar-refractivity contribution in [2.75, 3.05) is 14.2 Å². The van der Waals surface area contributed by atoms with Crippen molar-refractivity contribution in [1.82, 2.24) is 9.97 Å². The Balaban J connectivity index is 0.00000417. The molecular weight excluding hydrogens is 675 g/mol. The number of fused-ring (bicyclic) bond motifs is 8. The van der Waals surface area contributed by atoms with Gasteiger partial charge in [-0.15, -0.1) is 51.7 Å². The van der Waals surface area contributed by atoms with Crippen molar-refractivity contribution < 1.29 is 44.3 Å². The van der Waals surface area contributed by atoms with E-state index in [1.165, 1.54) is 25.4 Å².